The van der Waals surface area contributed by atoms with Gasteiger partial charge >= 0.3 is 5.91 Å². The van der Waals surface area contributed by atoms with Gasteiger partial charge in [-0.15, -0.1) is 4.99 Å². The van der Waals surface area contributed by atoms with Crippen molar-refractivity contribution in [1.29, 1.82) is 0 Å². The maximum atomic E-state index is 11.5. The fourth-order valence-electron chi connectivity index (χ4n) is 1.84. The van der Waals surface area contributed by atoms with E-state index in [0.29, 0.717) is 5.52 Å². The lowest BCUT2D eigenvalue weighted by Gasteiger charge is -2.00. The minimum Gasteiger partial charge on any atom is -0.295 e. The molecular weight excluding hydrogens is 232 g/mol. The normalized spacial score (nSPS) is 10.4. The Kier molecular flexibility index (Phi) is 2.22. The zero-order valence-electron chi connectivity index (χ0n) is 9.07. The predicted molar refractivity (Wildman–Crippen MR) is 62.9 cm³/mol. The predicted octanol–water partition coefficient (Wildman–Crippen LogP) is 1.36. The molecular formula is C12H6N4O2. The minimum atomic E-state index is -0.718. The summed E-state index contributed by atoms with van der Waals surface area (Å²) in [5.41, 5.74) is 2.23. The molecule has 0 radical (unpaired) electrons. The maximum Gasteiger partial charge on any atom is 0.308 e. The topological polar surface area (TPSA) is 76.7 Å². The Hall–Kier alpha value is -2.85. The zero-order valence-corrected chi connectivity index (χ0v) is 9.07. The highest BCUT2D eigenvalue weighted by Crippen LogP contribution is 2.17. The van der Waals surface area contributed by atoms with Gasteiger partial charge in [-0.3, -0.25) is 14.2 Å². The molecule has 6 heteroatoms. The summed E-state index contributed by atoms with van der Waals surface area (Å²) in [6.07, 6.45) is 4.25. The third-order valence-electron chi connectivity index (χ3n) is 2.62. The van der Waals surface area contributed by atoms with E-state index in [2.05, 4.69) is 15.0 Å². The van der Waals surface area contributed by atoms with Crippen LogP contribution in [0.25, 0.3) is 16.6 Å². The third-order valence-corrected chi connectivity index (χ3v) is 2.62. The zero-order chi connectivity index (χ0) is 12.5. The summed E-state index contributed by atoms with van der Waals surface area (Å²) in [5, 5.41) is 0. The fourth-order valence-corrected chi connectivity index (χ4v) is 1.84. The number of aromatic nitrogens is 3. The lowest BCUT2D eigenvalue weighted by molar-refractivity contribution is 0.1000. The first-order valence-corrected chi connectivity index (χ1v) is 5.14. The number of carbonyl (C=O) groups is 1. The van der Waals surface area contributed by atoms with Crippen LogP contribution in [0.4, 0.5) is 0 Å². The molecule has 0 aliphatic heterocycles. The molecule has 2 aromatic heterocycles. The number of rotatable bonds is 1. The summed E-state index contributed by atoms with van der Waals surface area (Å²) in [6.45, 7) is 0. The van der Waals surface area contributed by atoms with Crippen molar-refractivity contribution in [2.75, 3.05) is 0 Å². The van der Waals surface area contributed by atoms with Crippen molar-refractivity contribution in [3.63, 3.8) is 0 Å². The van der Waals surface area contributed by atoms with Crippen molar-refractivity contribution in [2.24, 2.45) is 4.99 Å². The molecule has 86 valence electrons. The molecule has 0 saturated carbocycles. The van der Waals surface area contributed by atoms with Crippen LogP contribution < -0.4 is 0 Å². The molecule has 0 unspecified atom stereocenters. The van der Waals surface area contributed by atoms with Crippen molar-refractivity contribution in [3.05, 3.63) is 42.5 Å². The van der Waals surface area contributed by atoms with Gasteiger partial charge in [-0.1, -0.05) is 12.1 Å². The van der Waals surface area contributed by atoms with Crippen LogP contribution >= 0.6 is 0 Å². The van der Waals surface area contributed by atoms with E-state index in [1.165, 1.54) is 18.6 Å². The molecule has 1 amide bonds. The number of amides is 1. The number of para-hydroxylation sites is 2. The number of isocyanates is 1. The number of fused-ring (bicyclic) bond motifs is 3. The van der Waals surface area contributed by atoms with Gasteiger partial charge in [0.1, 0.15) is 6.33 Å². The fraction of sp³-hybridized carbons (Fsp3) is 0. The summed E-state index contributed by atoms with van der Waals surface area (Å²) < 4.78 is 1.73. The molecule has 0 fully saturated rings. The van der Waals surface area contributed by atoms with Gasteiger partial charge in [0, 0.05) is 0 Å². The average molecular weight is 238 g/mol. The van der Waals surface area contributed by atoms with Crippen LogP contribution in [-0.4, -0.2) is 26.4 Å². The van der Waals surface area contributed by atoms with Crippen molar-refractivity contribution in [1.82, 2.24) is 14.4 Å². The average Bonchev–Trinajstić information content (AvgIpc) is 2.83. The molecule has 3 aromatic rings. The summed E-state index contributed by atoms with van der Waals surface area (Å²) in [6, 6.07) is 7.48. The Bertz CT molecular complexity index is 815. The summed E-state index contributed by atoms with van der Waals surface area (Å²) in [4.78, 5) is 32.9. The molecule has 0 spiro atoms. The Morgan fingerprint density at radius 2 is 2.06 bits per heavy atom. The van der Waals surface area contributed by atoms with Crippen molar-refractivity contribution >= 4 is 28.5 Å². The SMILES string of the molecule is O=C=NC(=O)c1ncn2c1cnc1ccccc12. The molecule has 18 heavy (non-hydrogen) atoms. The largest absolute Gasteiger partial charge is 0.308 e. The second-order valence-electron chi connectivity index (χ2n) is 3.60. The number of nitrogens with zero attached hydrogens (tertiary/aromatic N) is 4. The van der Waals surface area contributed by atoms with Crippen molar-refractivity contribution in [3.8, 4) is 0 Å². The van der Waals surface area contributed by atoms with Crippen LogP contribution in [0.5, 0.6) is 0 Å². The molecule has 1 aromatic carbocycles. The Balaban J connectivity index is 2.36. The van der Waals surface area contributed by atoms with E-state index in [9.17, 15) is 9.59 Å². The summed E-state index contributed by atoms with van der Waals surface area (Å²) >= 11 is 0. The first-order valence-electron chi connectivity index (χ1n) is 5.14. The number of hydrogen-bond donors (Lipinski definition) is 0. The molecule has 0 bridgehead atoms. The number of aliphatic imine (C=N–C) groups is 1. The Morgan fingerprint density at radius 3 is 2.89 bits per heavy atom. The van der Waals surface area contributed by atoms with E-state index in [1.807, 2.05) is 24.3 Å². The van der Waals surface area contributed by atoms with Crippen LogP contribution in [0.2, 0.25) is 0 Å². The molecule has 3 rings (SSSR count). The minimum absolute atomic E-state index is 0.0941. The lowest BCUT2D eigenvalue weighted by atomic mass is 10.3. The van der Waals surface area contributed by atoms with Gasteiger partial charge in [0.25, 0.3) is 0 Å². The van der Waals surface area contributed by atoms with Gasteiger partial charge in [0.05, 0.1) is 22.7 Å². The standard InChI is InChI=1S/C12H6N4O2/c17-7-15-12(18)11-10-5-13-8-3-1-2-4-9(8)16(10)6-14-11/h1-6H. The third kappa shape index (κ3) is 1.41. The van der Waals surface area contributed by atoms with E-state index in [1.54, 1.807) is 4.40 Å². The highest BCUT2D eigenvalue weighted by atomic mass is 16.2. The summed E-state index contributed by atoms with van der Waals surface area (Å²) in [5.74, 6) is -0.718. The van der Waals surface area contributed by atoms with Gasteiger partial charge in [0.15, 0.2) is 5.69 Å². The number of imidazole rings is 1. The van der Waals surface area contributed by atoms with Crippen molar-refractivity contribution in [2.45, 2.75) is 0 Å². The van der Waals surface area contributed by atoms with E-state index in [4.69, 9.17) is 0 Å². The van der Waals surface area contributed by atoms with Crippen LogP contribution in [0.3, 0.4) is 0 Å². The molecule has 0 saturated heterocycles. The molecule has 0 N–H and O–H groups in total. The highest BCUT2D eigenvalue weighted by molar-refractivity contribution is 6.02. The second kappa shape index (κ2) is 3.87. The molecule has 2 heterocycles. The van der Waals surface area contributed by atoms with Crippen molar-refractivity contribution < 1.29 is 9.59 Å². The van der Waals surface area contributed by atoms with E-state index < -0.39 is 5.91 Å². The van der Waals surface area contributed by atoms with Gasteiger partial charge in [-0.2, -0.15) is 0 Å². The molecule has 0 aliphatic carbocycles. The van der Waals surface area contributed by atoms with E-state index >= 15 is 0 Å². The Labute approximate surface area is 101 Å². The van der Waals surface area contributed by atoms with Crippen LogP contribution in [0.15, 0.2) is 41.8 Å². The molecule has 0 aliphatic rings. The Morgan fingerprint density at radius 1 is 1.22 bits per heavy atom. The first-order chi connectivity index (χ1) is 8.81. The van der Waals surface area contributed by atoms with Crippen LogP contribution in [0, 0.1) is 0 Å². The van der Waals surface area contributed by atoms with Gasteiger partial charge < -0.3 is 0 Å². The van der Waals surface area contributed by atoms with Gasteiger partial charge in [-0.05, 0) is 12.1 Å². The lowest BCUT2D eigenvalue weighted by Crippen LogP contribution is -1.97. The van der Waals surface area contributed by atoms with Gasteiger partial charge in [0.2, 0.25) is 6.08 Å². The number of carbonyl (C=O) groups excluding carboxylic acids is 2. The monoisotopic (exact) mass is 238 g/mol. The smallest absolute Gasteiger partial charge is 0.295 e. The van der Waals surface area contributed by atoms with E-state index in [-0.39, 0.29) is 5.69 Å². The van der Waals surface area contributed by atoms with Crippen LogP contribution in [-0.2, 0) is 4.79 Å². The highest BCUT2D eigenvalue weighted by Gasteiger charge is 2.14. The van der Waals surface area contributed by atoms with E-state index in [0.717, 1.165) is 11.0 Å². The molecule has 6 nitrogen and oxygen atoms in total. The van der Waals surface area contributed by atoms with Crippen LogP contribution in [0.1, 0.15) is 10.5 Å². The first kappa shape index (κ1) is 10.3. The quantitative estimate of drug-likeness (QED) is 0.473. The maximum absolute atomic E-state index is 11.5. The number of hydrogen-bond acceptors (Lipinski definition) is 4. The summed E-state index contributed by atoms with van der Waals surface area (Å²) in [7, 11) is 0. The second-order valence-corrected chi connectivity index (χ2v) is 3.60. The molecule has 0 atom stereocenters. The number of benzene rings is 1. The van der Waals surface area contributed by atoms with Gasteiger partial charge in [-0.25, -0.2) is 9.78 Å².